The summed E-state index contributed by atoms with van der Waals surface area (Å²) in [6.07, 6.45) is -1.46. The van der Waals surface area contributed by atoms with Gasteiger partial charge in [0.2, 0.25) is 0 Å². The molecule has 0 aliphatic rings. The highest BCUT2D eigenvalue weighted by Crippen LogP contribution is 2.19. The van der Waals surface area contributed by atoms with Gasteiger partial charge in [0.1, 0.15) is 24.0 Å². The first-order valence-electron chi connectivity index (χ1n) is 6.91. The number of carbonyl (C=O) groups is 2. The molecule has 12 heteroatoms. The Morgan fingerprint density at radius 1 is 1.16 bits per heavy atom. The molecule has 0 aliphatic carbocycles. The summed E-state index contributed by atoms with van der Waals surface area (Å²) in [6.45, 7) is -0.662. The summed E-state index contributed by atoms with van der Waals surface area (Å²) in [5.74, 6) is -2.15. The van der Waals surface area contributed by atoms with Crippen LogP contribution in [0.2, 0.25) is 0 Å². The molecule has 0 amide bonds. The maximum Gasteiger partial charge on any atom is 0.339 e. The van der Waals surface area contributed by atoms with Crippen LogP contribution >= 0.6 is 0 Å². The number of esters is 1. The highest BCUT2D eigenvalue weighted by molar-refractivity contribution is 5.91. The maximum absolute atomic E-state index is 11.7. The van der Waals surface area contributed by atoms with Crippen LogP contribution in [0.5, 0.6) is 5.75 Å². The Hall–Kier alpha value is -3.44. The first-order chi connectivity index (χ1) is 11.8. The van der Waals surface area contributed by atoms with Crippen molar-refractivity contribution in [2.45, 2.75) is 25.4 Å². The number of carboxylic acid groups (broad SMARTS) is 1. The third-order valence-electron chi connectivity index (χ3n) is 2.85. The van der Waals surface area contributed by atoms with Crippen molar-refractivity contribution in [3.63, 3.8) is 0 Å². The third-order valence-corrected chi connectivity index (χ3v) is 2.85. The quantitative estimate of drug-likeness (QED) is 0.263. The fraction of sp³-hybridized carbons (Fsp3) is 0.385. The van der Waals surface area contributed by atoms with Crippen LogP contribution in [0.3, 0.4) is 0 Å². The highest BCUT2D eigenvalue weighted by atomic mass is 17.0. The molecular weight excluding hydrogens is 344 g/mol. The van der Waals surface area contributed by atoms with Crippen molar-refractivity contribution in [3.05, 3.63) is 50.1 Å². The van der Waals surface area contributed by atoms with Gasteiger partial charge in [-0.25, -0.2) is 4.79 Å². The molecule has 12 nitrogen and oxygen atoms in total. The lowest BCUT2D eigenvalue weighted by Gasteiger charge is -2.13. The van der Waals surface area contributed by atoms with E-state index in [9.17, 15) is 29.8 Å². The molecule has 0 heterocycles. The van der Waals surface area contributed by atoms with Gasteiger partial charge in [-0.2, -0.15) is 0 Å². The summed E-state index contributed by atoms with van der Waals surface area (Å²) < 4.78 is 4.93. The maximum atomic E-state index is 11.7. The van der Waals surface area contributed by atoms with Crippen LogP contribution < -0.4 is 4.74 Å². The number of carbonyl (C=O) groups excluding carboxylic acids is 1. The van der Waals surface area contributed by atoms with Crippen molar-refractivity contribution >= 4 is 11.9 Å². The second kappa shape index (κ2) is 9.64. The normalized spacial score (nSPS) is 11.2. The van der Waals surface area contributed by atoms with Crippen molar-refractivity contribution in [1.29, 1.82) is 0 Å². The minimum absolute atomic E-state index is 0.0493. The Labute approximate surface area is 140 Å². The van der Waals surface area contributed by atoms with Gasteiger partial charge in [-0.3, -0.25) is 4.79 Å². The summed E-state index contributed by atoms with van der Waals surface area (Å²) in [5, 5.41) is 27.1. The van der Waals surface area contributed by atoms with Crippen LogP contribution in [0, 0.1) is 20.2 Å². The number of rotatable bonds is 11. The van der Waals surface area contributed by atoms with E-state index in [-0.39, 0.29) is 30.6 Å². The van der Waals surface area contributed by atoms with E-state index in [0.717, 1.165) is 0 Å². The second-order valence-electron chi connectivity index (χ2n) is 4.64. The summed E-state index contributed by atoms with van der Waals surface area (Å²) in [4.78, 5) is 51.4. The first kappa shape index (κ1) is 19.6. The smallest absolute Gasteiger partial charge is 0.339 e. The van der Waals surface area contributed by atoms with Crippen molar-refractivity contribution < 1.29 is 39.3 Å². The Bertz CT molecular complexity index is 647. The average Bonchev–Trinajstić information content (AvgIpc) is 2.52. The molecule has 0 saturated carbocycles. The van der Waals surface area contributed by atoms with Gasteiger partial charge in [0.25, 0.3) is 10.2 Å². The van der Waals surface area contributed by atoms with Gasteiger partial charge in [0.15, 0.2) is 0 Å². The topological polar surface area (TPSA) is 168 Å². The summed E-state index contributed by atoms with van der Waals surface area (Å²) in [5.41, 5.74) is -0.190. The van der Waals surface area contributed by atoms with Crippen LogP contribution in [-0.4, -0.2) is 39.9 Å². The Morgan fingerprint density at radius 3 is 2.44 bits per heavy atom. The molecule has 1 aromatic carbocycles. The molecule has 1 rings (SSSR count). The average molecular weight is 358 g/mol. The molecule has 1 atom stereocenters. The number of aromatic carboxylic acids is 1. The number of hydrogen-bond acceptors (Lipinski definition) is 9. The van der Waals surface area contributed by atoms with Crippen LogP contribution in [0.4, 0.5) is 0 Å². The predicted molar refractivity (Wildman–Crippen MR) is 77.7 cm³/mol. The van der Waals surface area contributed by atoms with E-state index in [1.54, 1.807) is 0 Å². The minimum Gasteiger partial charge on any atom is -0.478 e. The number of ether oxygens (including phenoxy) is 1. The molecule has 0 fully saturated rings. The molecule has 136 valence electrons. The van der Waals surface area contributed by atoms with Gasteiger partial charge in [-0.15, -0.1) is 20.2 Å². The van der Waals surface area contributed by atoms with E-state index in [0.29, 0.717) is 0 Å². The molecule has 1 unspecified atom stereocenters. The lowest BCUT2D eigenvalue weighted by Crippen LogP contribution is -2.25. The zero-order valence-corrected chi connectivity index (χ0v) is 12.7. The fourth-order valence-corrected chi connectivity index (χ4v) is 1.81. The van der Waals surface area contributed by atoms with Crippen molar-refractivity contribution in [1.82, 2.24) is 0 Å². The number of benzene rings is 1. The van der Waals surface area contributed by atoms with Crippen molar-refractivity contribution in [2.75, 3.05) is 6.61 Å². The van der Waals surface area contributed by atoms with Gasteiger partial charge >= 0.3 is 11.9 Å². The van der Waals surface area contributed by atoms with E-state index in [2.05, 4.69) is 9.68 Å². The molecule has 0 bridgehead atoms. The van der Waals surface area contributed by atoms with E-state index in [4.69, 9.17) is 9.84 Å². The third kappa shape index (κ3) is 7.58. The largest absolute Gasteiger partial charge is 0.478 e. The zero-order valence-electron chi connectivity index (χ0n) is 12.7. The monoisotopic (exact) mass is 358 g/mol. The molecule has 25 heavy (non-hydrogen) atoms. The van der Waals surface area contributed by atoms with E-state index >= 15 is 0 Å². The van der Waals surface area contributed by atoms with Gasteiger partial charge in [0, 0.05) is 6.42 Å². The van der Waals surface area contributed by atoms with Gasteiger partial charge in [-0.05, 0) is 25.0 Å². The first-order valence-corrected chi connectivity index (χ1v) is 6.91. The zero-order chi connectivity index (χ0) is 18.8. The second-order valence-corrected chi connectivity index (χ2v) is 4.64. The summed E-state index contributed by atoms with van der Waals surface area (Å²) in [6, 6.07) is 5.53. The van der Waals surface area contributed by atoms with Crippen LogP contribution in [0.15, 0.2) is 24.3 Å². The summed E-state index contributed by atoms with van der Waals surface area (Å²) >= 11 is 0. The van der Waals surface area contributed by atoms with E-state index in [1.807, 2.05) is 0 Å². The van der Waals surface area contributed by atoms with E-state index in [1.165, 1.54) is 24.3 Å². The Balaban J connectivity index is 2.50. The molecule has 0 aromatic heterocycles. The van der Waals surface area contributed by atoms with E-state index < -0.39 is 34.8 Å². The lowest BCUT2D eigenvalue weighted by molar-refractivity contribution is -0.790. The fourth-order valence-electron chi connectivity index (χ4n) is 1.81. The van der Waals surface area contributed by atoms with Crippen LogP contribution in [-0.2, 0) is 14.5 Å². The van der Waals surface area contributed by atoms with Gasteiger partial charge in [0.05, 0.1) is 0 Å². The number of carboxylic acids is 1. The number of hydrogen-bond donors (Lipinski definition) is 1. The molecular formula is C13H14N2O10. The molecule has 0 spiro atoms. The predicted octanol–water partition coefficient (Wildman–Crippen LogP) is 1.25. The van der Waals surface area contributed by atoms with Crippen molar-refractivity contribution in [2.24, 2.45) is 0 Å². The summed E-state index contributed by atoms with van der Waals surface area (Å²) in [7, 11) is 0. The lowest BCUT2D eigenvalue weighted by atomic mass is 10.1. The SMILES string of the molecule is O=C(CCCC(CO[N+](=O)[O-])O[N+](=O)[O-])Oc1ccccc1C(=O)O. The van der Waals surface area contributed by atoms with Crippen molar-refractivity contribution in [3.8, 4) is 5.75 Å². The molecule has 1 aromatic rings. The molecule has 0 aliphatic heterocycles. The molecule has 1 N–H and O–H groups in total. The Kier molecular flexibility index (Phi) is 7.56. The van der Waals surface area contributed by atoms with Crippen LogP contribution in [0.25, 0.3) is 0 Å². The molecule has 0 saturated heterocycles. The standard InChI is InChI=1S/C13H14N2O10/c16-12(24-11-6-2-1-5-10(11)13(17)18)7-3-4-9(25-15(21)22)8-23-14(19)20/h1-2,5-6,9H,3-4,7-8H2,(H,17,18). The highest BCUT2D eigenvalue weighted by Gasteiger charge is 2.18. The molecule has 0 radical (unpaired) electrons. The van der Waals surface area contributed by atoms with Gasteiger partial charge in [-0.1, -0.05) is 12.1 Å². The van der Waals surface area contributed by atoms with Gasteiger partial charge < -0.3 is 19.5 Å². The minimum atomic E-state index is -1.26. The number of para-hydroxylation sites is 1. The Morgan fingerprint density at radius 2 is 1.84 bits per heavy atom. The van der Waals surface area contributed by atoms with Crippen LogP contribution in [0.1, 0.15) is 29.6 Å². The number of nitrogens with zero attached hydrogens (tertiary/aromatic N) is 2.